The Morgan fingerprint density at radius 3 is 2.57 bits per heavy atom. The van der Waals surface area contributed by atoms with Gasteiger partial charge in [0, 0.05) is 12.5 Å². The highest BCUT2D eigenvalue weighted by Crippen LogP contribution is 2.19. The van der Waals surface area contributed by atoms with Crippen LogP contribution in [0.2, 0.25) is 0 Å². The lowest BCUT2D eigenvalue weighted by molar-refractivity contribution is -0.122. The van der Waals surface area contributed by atoms with Gasteiger partial charge in [0.1, 0.15) is 6.04 Å². The van der Waals surface area contributed by atoms with Gasteiger partial charge < -0.3 is 16.0 Å². The highest BCUT2D eigenvalue weighted by atomic mass is 16.2. The van der Waals surface area contributed by atoms with Crippen LogP contribution in [-0.4, -0.2) is 29.8 Å². The summed E-state index contributed by atoms with van der Waals surface area (Å²) >= 11 is 0. The Hall–Kier alpha value is -3.15. The molecular weight excluding hydrogens is 354 g/mol. The van der Waals surface area contributed by atoms with Crippen molar-refractivity contribution in [2.75, 3.05) is 5.32 Å². The van der Waals surface area contributed by atoms with E-state index in [1.807, 2.05) is 25.1 Å². The smallest absolute Gasteiger partial charge is 0.254 e. The fourth-order valence-electron chi connectivity index (χ4n) is 3.24. The number of nitrogens with one attached hydrogen (secondary N) is 3. The summed E-state index contributed by atoms with van der Waals surface area (Å²) in [5.74, 6) is -0.733. The molecule has 2 atom stereocenters. The van der Waals surface area contributed by atoms with E-state index in [2.05, 4.69) is 28.1 Å². The van der Waals surface area contributed by atoms with Gasteiger partial charge in [-0.25, -0.2) is 0 Å². The highest BCUT2D eigenvalue weighted by Gasteiger charge is 2.27. The minimum Gasteiger partial charge on any atom is -0.354 e. The number of aryl methyl sites for hydroxylation is 1. The molecule has 28 heavy (non-hydrogen) atoms. The van der Waals surface area contributed by atoms with Gasteiger partial charge in [-0.05, 0) is 43.9 Å². The van der Waals surface area contributed by atoms with Gasteiger partial charge in [0.25, 0.3) is 5.91 Å². The molecule has 1 aliphatic heterocycles. The molecule has 0 aromatic heterocycles. The second-order valence-electron chi connectivity index (χ2n) is 7.09. The van der Waals surface area contributed by atoms with E-state index in [1.54, 1.807) is 24.3 Å². The number of hydrogen-bond donors (Lipinski definition) is 3. The first-order valence-electron chi connectivity index (χ1n) is 9.57. The Morgan fingerprint density at radius 2 is 1.79 bits per heavy atom. The predicted octanol–water partition coefficient (Wildman–Crippen LogP) is 2.65. The lowest BCUT2D eigenvalue weighted by atomic mass is 10.1. The first kappa shape index (κ1) is 19.6. The quantitative estimate of drug-likeness (QED) is 0.691. The van der Waals surface area contributed by atoms with Crippen LogP contribution < -0.4 is 16.0 Å². The summed E-state index contributed by atoms with van der Waals surface area (Å²) in [6, 6.07) is 16.3. The second-order valence-corrected chi connectivity index (χ2v) is 7.09. The second kappa shape index (κ2) is 9.17. The van der Waals surface area contributed by atoms with Gasteiger partial charge in [-0.3, -0.25) is 14.4 Å². The molecule has 0 bridgehead atoms. The maximum absolute atomic E-state index is 12.4. The molecule has 2 aromatic carbocycles. The number of para-hydroxylation sites is 1. The third kappa shape index (κ3) is 5.19. The zero-order valence-electron chi connectivity index (χ0n) is 15.9. The maximum atomic E-state index is 12.4. The Kier molecular flexibility index (Phi) is 6.42. The molecule has 0 spiro atoms. The van der Waals surface area contributed by atoms with Crippen molar-refractivity contribution in [3.05, 3.63) is 65.7 Å². The minimum absolute atomic E-state index is 0.0366. The normalized spacial score (nSPS) is 17.0. The molecule has 0 saturated heterocycles. The fourth-order valence-corrected chi connectivity index (χ4v) is 3.24. The van der Waals surface area contributed by atoms with Crippen molar-refractivity contribution in [2.24, 2.45) is 0 Å². The summed E-state index contributed by atoms with van der Waals surface area (Å²) in [7, 11) is 0. The molecule has 3 amide bonds. The number of carbonyl (C=O) groups excluding carboxylic acids is 3. The van der Waals surface area contributed by atoms with E-state index in [0.717, 1.165) is 12.8 Å². The van der Waals surface area contributed by atoms with Crippen molar-refractivity contribution >= 4 is 23.4 Å². The van der Waals surface area contributed by atoms with Crippen LogP contribution in [0.25, 0.3) is 0 Å². The van der Waals surface area contributed by atoms with Crippen molar-refractivity contribution in [3.63, 3.8) is 0 Å². The van der Waals surface area contributed by atoms with Gasteiger partial charge in [-0.15, -0.1) is 0 Å². The first-order chi connectivity index (χ1) is 13.5. The van der Waals surface area contributed by atoms with Crippen LogP contribution in [0.1, 0.15) is 42.1 Å². The number of carbonyl (C=O) groups is 3. The number of anilines is 1. The average molecular weight is 379 g/mol. The molecule has 1 aliphatic rings. The molecule has 6 nitrogen and oxygen atoms in total. The highest BCUT2D eigenvalue weighted by molar-refractivity contribution is 6.09. The Bertz CT molecular complexity index is 851. The lowest BCUT2D eigenvalue weighted by Gasteiger charge is -2.17. The Morgan fingerprint density at radius 1 is 1.07 bits per heavy atom. The van der Waals surface area contributed by atoms with Crippen LogP contribution in [0, 0.1) is 0 Å². The van der Waals surface area contributed by atoms with Crippen LogP contribution in [0.4, 0.5) is 5.69 Å². The van der Waals surface area contributed by atoms with Crippen LogP contribution in [0.3, 0.4) is 0 Å². The van der Waals surface area contributed by atoms with Crippen molar-refractivity contribution < 1.29 is 14.4 Å². The minimum atomic E-state index is -0.731. The van der Waals surface area contributed by atoms with Gasteiger partial charge in [0.05, 0.1) is 11.3 Å². The third-order valence-corrected chi connectivity index (χ3v) is 4.83. The van der Waals surface area contributed by atoms with E-state index >= 15 is 0 Å². The summed E-state index contributed by atoms with van der Waals surface area (Å²) in [4.78, 5) is 36.9. The van der Waals surface area contributed by atoms with E-state index in [0.29, 0.717) is 11.3 Å². The largest absolute Gasteiger partial charge is 0.354 e. The van der Waals surface area contributed by atoms with Gasteiger partial charge in [0.15, 0.2) is 0 Å². The summed E-state index contributed by atoms with van der Waals surface area (Å²) < 4.78 is 0. The molecule has 6 heteroatoms. The predicted molar refractivity (Wildman–Crippen MR) is 108 cm³/mol. The number of fused-ring (bicyclic) bond motifs is 1. The molecule has 3 N–H and O–H groups in total. The van der Waals surface area contributed by atoms with E-state index < -0.39 is 6.04 Å². The van der Waals surface area contributed by atoms with Crippen LogP contribution in [-0.2, 0) is 16.0 Å². The number of rotatable bonds is 7. The molecule has 146 valence electrons. The van der Waals surface area contributed by atoms with Crippen LogP contribution in [0.5, 0.6) is 0 Å². The van der Waals surface area contributed by atoms with Crippen molar-refractivity contribution in [3.8, 4) is 0 Å². The van der Waals surface area contributed by atoms with Gasteiger partial charge >= 0.3 is 0 Å². The van der Waals surface area contributed by atoms with Crippen LogP contribution in [0.15, 0.2) is 54.6 Å². The SMILES string of the molecule is C[C@@H](CCc1ccccc1)NC(=O)CC[C@@H]1NC(=O)c2ccccc2NC1=O. The van der Waals surface area contributed by atoms with E-state index in [4.69, 9.17) is 0 Å². The lowest BCUT2D eigenvalue weighted by Crippen LogP contribution is -2.42. The topological polar surface area (TPSA) is 87.3 Å². The van der Waals surface area contributed by atoms with Gasteiger partial charge in [-0.1, -0.05) is 42.5 Å². The molecule has 0 fully saturated rings. The van der Waals surface area contributed by atoms with E-state index in [9.17, 15) is 14.4 Å². The number of amides is 3. The Labute approximate surface area is 164 Å². The monoisotopic (exact) mass is 379 g/mol. The van der Waals surface area contributed by atoms with E-state index in [1.165, 1.54) is 5.56 Å². The molecule has 3 rings (SSSR count). The summed E-state index contributed by atoms with van der Waals surface area (Å²) in [5, 5.41) is 8.43. The molecule has 0 radical (unpaired) electrons. The van der Waals surface area contributed by atoms with Gasteiger partial charge in [-0.2, -0.15) is 0 Å². The van der Waals surface area contributed by atoms with Crippen molar-refractivity contribution in [1.82, 2.24) is 10.6 Å². The average Bonchev–Trinajstić information content (AvgIpc) is 2.82. The molecule has 0 unspecified atom stereocenters. The molecule has 2 aromatic rings. The molecule has 0 saturated carbocycles. The summed E-state index contributed by atoms with van der Waals surface area (Å²) in [5.41, 5.74) is 2.16. The van der Waals surface area contributed by atoms with Crippen molar-refractivity contribution in [1.29, 1.82) is 0 Å². The first-order valence-corrected chi connectivity index (χ1v) is 9.57. The molecule has 0 aliphatic carbocycles. The molecular formula is C22H25N3O3. The standard InChI is InChI=1S/C22H25N3O3/c1-15(11-12-16-7-3-2-4-8-16)23-20(26)14-13-19-22(28)24-18-10-6-5-9-17(18)21(27)25-19/h2-10,15,19H,11-14H2,1H3,(H,23,26)(H,24,28)(H,25,27)/t15-,19-/m0/s1. The van der Waals surface area contributed by atoms with Gasteiger partial charge in [0.2, 0.25) is 11.8 Å². The van der Waals surface area contributed by atoms with Crippen molar-refractivity contribution in [2.45, 2.75) is 44.7 Å². The number of hydrogen-bond acceptors (Lipinski definition) is 3. The zero-order valence-corrected chi connectivity index (χ0v) is 15.9. The third-order valence-electron chi connectivity index (χ3n) is 4.83. The fraction of sp³-hybridized carbons (Fsp3) is 0.318. The van der Waals surface area contributed by atoms with E-state index in [-0.39, 0.29) is 36.6 Å². The Balaban J connectivity index is 1.46. The maximum Gasteiger partial charge on any atom is 0.254 e. The summed E-state index contributed by atoms with van der Waals surface area (Å²) in [6.45, 7) is 1.97. The van der Waals surface area contributed by atoms with Crippen LogP contribution >= 0.6 is 0 Å². The number of benzene rings is 2. The molecule has 1 heterocycles. The zero-order chi connectivity index (χ0) is 19.9. The summed E-state index contributed by atoms with van der Waals surface area (Å²) in [6.07, 6.45) is 2.15.